The summed E-state index contributed by atoms with van der Waals surface area (Å²) in [5.74, 6) is -1.61. The fourth-order valence-electron chi connectivity index (χ4n) is 2.98. The molecule has 0 amide bonds. The van der Waals surface area contributed by atoms with Gasteiger partial charge in [0.25, 0.3) is 0 Å². The first-order valence-electron chi connectivity index (χ1n) is 16.1. The monoisotopic (exact) mass is 456 g/mol. The van der Waals surface area contributed by atoms with E-state index in [-0.39, 0.29) is 6.61 Å². The summed E-state index contributed by atoms with van der Waals surface area (Å²) < 4.78 is 109. The molecule has 2 aromatic carbocycles. The summed E-state index contributed by atoms with van der Waals surface area (Å²) in [7, 11) is -4.90. The molecule has 2 rings (SSSR count). The van der Waals surface area contributed by atoms with Crippen molar-refractivity contribution < 1.29 is 31.8 Å². The second-order valence-corrected chi connectivity index (χ2v) is 8.78. The number of rotatable bonds is 18. The van der Waals surface area contributed by atoms with Crippen LogP contribution in [-0.2, 0) is 9.09 Å². The number of benzene rings is 2. The number of phosphoric ester groups is 1. The molecule has 172 valence electrons. The lowest BCUT2D eigenvalue weighted by Crippen LogP contribution is -2.06. The number of phosphoric acid groups is 1. The van der Waals surface area contributed by atoms with Crippen LogP contribution in [-0.4, -0.2) is 6.61 Å². The first-order valence-corrected chi connectivity index (χ1v) is 12.6. The van der Waals surface area contributed by atoms with E-state index in [1.807, 2.05) is 0 Å². The topological polar surface area (TPSA) is 44.8 Å². The molecule has 0 fully saturated rings. The maximum Gasteiger partial charge on any atom is 0.587 e. The SMILES string of the molecule is [2H]c1c([2H])c([2H])c(OP(=O)(OCCCCCCCCCCCCCC)Oc2c([2H])c([2H])c([2H])c([2H])c2[2H])c([2H])c1[2H]. The van der Waals surface area contributed by atoms with Gasteiger partial charge in [0, 0.05) is 0 Å². The predicted molar refractivity (Wildman–Crippen MR) is 129 cm³/mol. The molecule has 0 atom stereocenters. The number of hydrogen-bond acceptors (Lipinski definition) is 4. The van der Waals surface area contributed by atoms with Gasteiger partial charge in [-0.15, -0.1) is 0 Å². The van der Waals surface area contributed by atoms with Crippen LogP contribution in [0.1, 0.15) is 97.7 Å². The largest absolute Gasteiger partial charge is 0.587 e. The van der Waals surface area contributed by atoms with Crippen molar-refractivity contribution in [2.75, 3.05) is 6.61 Å². The molecule has 0 saturated carbocycles. The van der Waals surface area contributed by atoms with E-state index in [1.165, 1.54) is 44.9 Å². The average molecular weight is 457 g/mol. The maximum absolute atomic E-state index is 13.7. The molecule has 0 unspecified atom stereocenters. The molecule has 2 aromatic rings. The van der Waals surface area contributed by atoms with Crippen LogP contribution in [0, 0.1) is 0 Å². The van der Waals surface area contributed by atoms with Crippen molar-refractivity contribution in [2.45, 2.75) is 84.0 Å². The van der Waals surface area contributed by atoms with Gasteiger partial charge in [0.2, 0.25) is 0 Å². The van der Waals surface area contributed by atoms with Gasteiger partial charge >= 0.3 is 7.82 Å². The third-order valence-corrected chi connectivity index (χ3v) is 5.92. The molecule has 0 heterocycles. The van der Waals surface area contributed by atoms with E-state index in [9.17, 15) is 4.57 Å². The molecular weight excluding hydrogens is 407 g/mol. The van der Waals surface area contributed by atoms with Crippen molar-refractivity contribution in [3.63, 3.8) is 0 Å². The Labute approximate surface area is 203 Å². The standard InChI is InChI=1S/C26H39O4P/c1-2-3-4-5-6-7-8-9-10-11-12-19-24-28-31(27,29-25-20-15-13-16-21-25)30-26-22-17-14-18-23-26/h13-18,20-23H,2-12,19,24H2,1H3/i13D,14D,15D,16D,17D,18D,20D,21D,22D,23D. The Morgan fingerprint density at radius 1 is 0.645 bits per heavy atom. The zero-order chi connectivity index (χ0) is 30.7. The highest BCUT2D eigenvalue weighted by molar-refractivity contribution is 7.49. The number of para-hydroxylation sites is 2. The molecule has 0 aliphatic rings. The van der Waals surface area contributed by atoms with E-state index in [4.69, 9.17) is 27.3 Å². The van der Waals surface area contributed by atoms with Crippen LogP contribution >= 0.6 is 7.82 Å². The smallest absolute Gasteiger partial charge is 0.395 e. The Hall–Kier alpha value is -1.77. The highest BCUT2D eigenvalue weighted by Gasteiger charge is 2.30. The third-order valence-electron chi connectivity index (χ3n) is 4.61. The van der Waals surface area contributed by atoms with Gasteiger partial charge in [0.15, 0.2) is 0 Å². The molecule has 0 aromatic heterocycles. The van der Waals surface area contributed by atoms with Gasteiger partial charge in [-0.1, -0.05) is 114 Å². The van der Waals surface area contributed by atoms with E-state index in [0.29, 0.717) is 6.42 Å². The molecule has 0 aliphatic heterocycles. The van der Waals surface area contributed by atoms with Crippen molar-refractivity contribution in [3.8, 4) is 11.5 Å². The van der Waals surface area contributed by atoms with Crippen LogP contribution < -0.4 is 9.05 Å². The maximum atomic E-state index is 13.7. The first-order chi connectivity index (χ1) is 19.4. The summed E-state index contributed by atoms with van der Waals surface area (Å²) in [4.78, 5) is 0. The van der Waals surface area contributed by atoms with Crippen molar-refractivity contribution in [1.82, 2.24) is 0 Å². The summed E-state index contributed by atoms with van der Waals surface area (Å²) in [5.41, 5.74) is 0. The summed E-state index contributed by atoms with van der Waals surface area (Å²) in [6.45, 7) is 2.04. The van der Waals surface area contributed by atoms with Crippen molar-refractivity contribution in [2.24, 2.45) is 0 Å². The zero-order valence-electron chi connectivity index (χ0n) is 28.3. The van der Waals surface area contributed by atoms with Crippen molar-refractivity contribution in [3.05, 3.63) is 60.4 Å². The van der Waals surface area contributed by atoms with Crippen LogP contribution in [0.5, 0.6) is 11.5 Å². The molecule has 0 spiro atoms. The molecule has 0 aliphatic carbocycles. The third kappa shape index (κ3) is 12.0. The van der Waals surface area contributed by atoms with E-state index < -0.39 is 79.7 Å². The van der Waals surface area contributed by atoms with Crippen LogP contribution in [0.3, 0.4) is 0 Å². The molecule has 0 radical (unpaired) electrons. The Bertz CT molecular complexity index is 1090. The fourth-order valence-corrected chi connectivity index (χ4v) is 4.11. The summed E-state index contributed by atoms with van der Waals surface area (Å²) in [6, 6.07) is -7.52. The minimum Gasteiger partial charge on any atom is -0.395 e. The Morgan fingerprint density at radius 2 is 1.03 bits per heavy atom. The molecule has 5 heteroatoms. The van der Waals surface area contributed by atoms with E-state index in [2.05, 4.69) is 6.92 Å². The van der Waals surface area contributed by atoms with Crippen LogP contribution in [0.4, 0.5) is 0 Å². The molecule has 4 nitrogen and oxygen atoms in total. The molecule has 0 N–H and O–H groups in total. The van der Waals surface area contributed by atoms with Gasteiger partial charge in [0.1, 0.15) is 11.5 Å². The van der Waals surface area contributed by atoms with Crippen molar-refractivity contribution >= 4 is 7.82 Å². The van der Waals surface area contributed by atoms with Gasteiger partial charge in [-0.05, 0) is 30.6 Å². The van der Waals surface area contributed by atoms with Crippen molar-refractivity contribution in [1.29, 1.82) is 0 Å². The average Bonchev–Trinajstić information content (AvgIpc) is 2.96. The van der Waals surface area contributed by atoms with Gasteiger partial charge in [-0.3, -0.25) is 4.52 Å². The highest BCUT2D eigenvalue weighted by atomic mass is 31.2. The quantitative estimate of drug-likeness (QED) is 0.166. The second kappa shape index (κ2) is 15.9. The first kappa shape index (κ1) is 14.4. The number of unbranched alkanes of at least 4 members (excludes halogenated alkanes) is 11. The van der Waals surface area contributed by atoms with Gasteiger partial charge in [-0.2, -0.15) is 0 Å². The Balaban J connectivity index is 2.10. The lowest BCUT2D eigenvalue weighted by atomic mass is 10.1. The summed E-state index contributed by atoms with van der Waals surface area (Å²) >= 11 is 0. The Kier molecular flexibility index (Phi) is 7.40. The second-order valence-electron chi connectivity index (χ2n) is 7.26. The van der Waals surface area contributed by atoms with E-state index in [0.717, 1.165) is 25.7 Å². The molecule has 0 saturated heterocycles. The lowest BCUT2D eigenvalue weighted by Gasteiger charge is -2.19. The molecule has 31 heavy (non-hydrogen) atoms. The minimum atomic E-state index is -4.90. The molecular formula is C26H39O4P. The van der Waals surface area contributed by atoms with Crippen LogP contribution in [0.15, 0.2) is 60.4 Å². The Morgan fingerprint density at radius 3 is 1.45 bits per heavy atom. The summed E-state index contributed by atoms with van der Waals surface area (Å²) in [5, 5.41) is 0. The van der Waals surface area contributed by atoms with Gasteiger partial charge < -0.3 is 9.05 Å². The van der Waals surface area contributed by atoms with Crippen LogP contribution in [0.25, 0.3) is 0 Å². The van der Waals surface area contributed by atoms with Gasteiger partial charge in [-0.25, -0.2) is 4.57 Å². The predicted octanol–water partition coefficient (Wildman–Crippen LogP) is 8.97. The minimum absolute atomic E-state index is 0.161. The van der Waals surface area contributed by atoms with E-state index in [1.54, 1.807) is 0 Å². The van der Waals surface area contributed by atoms with E-state index >= 15 is 0 Å². The normalized spacial score (nSPS) is 15.9. The fraction of sp³-hybridized carbons (Fsp3) is 0.538. The molecule has 0 bridgehead atoms. The highest BCUT2D eigenvalue weighted by Crippen LogP contribution is 2.49. The number of hydrogen-bond donors (Lipinski definition) is 0. The van der Waals surface area contributed by atoms with Crippen LogP contribution in [0.2, 0.25) is 0 Å². The summed E-state index contributed by atoms with van der Waals surface area (Å²) in [6.07, 6.45) is 13.0. The van der Waals surface area contributed by atoms with Gasteiger partial charge in [0.05, 0.1) is 20.3 Å². The zero-order valence-corrected chi connectivity index (χ0v) is 19.2. The lowest BCUT2D eigenvalue weighted by molar-refractivity contribution is 0.205.